The zero-order chi connectivity index (χ0) is 26.8. The zero-order valence-electron chi connectivity index (χ0n) is 23.6. The van der Waals surface area contributed by atoms with E-state index in [0.717, 1.165) is 19.3 Å². The van der Waals surface area contributed by atoms with Crippen LogP contribution in [0.25, 0.3) is 0 Å². The van der Waals surface area contributed by atoms with E-state index in [1.165, 1.54) is 6.92 Å². The number of rotatable bonds is 18. The molecule has 0 aromatic carbocycles. The zero-order valence-corrected chi connectivity index (χ0v) is 25.7. The third kappa shape index (κ3) is 13.9. The maximum atomic E-state index is 10.9. The van der Waals surface area contributed by atoms with Crippen LogP contribution in [0.15, 0.2) is 0 Å². The molecule has 0 saturated carbocycles. The highest BCUT2D eigenvalue weighted by atomic mass is 127. The molecule has 204 valence electrons. The Balaban J connectivity index is 4.67. The van der Waals surface area contributed by atoms with E-state index >= 15 is 0 Å². The van der Waals surface area contributed by atoms with Crippen LogP contribution in [-0.2, 0) is 28.5 Å². The lowest BCUT2D eigenvalue weighted by atomic mass is 9.81. The number of alkyl halides is 1. The Morgan fingerprint density at radius 1 is 0.882 bits per heavy atom. The molecule has 0 bridgehead atoms. The second-order valence-electron chi connectivity index (χ2n) is 11.5. The third-order valence-electron chi connectivity index (χ3n) is 6.63. The smallest absolute Gasteiger partial charge is 0.302 e. The number of nitrogens with two attached hydrogens (primary N) is 1. The fourth-order valence-electron chi connectivity index (χ4n) is 3.45. The lowest BCUT2D eigenvalue weighted by molar-refractivity contribution is -0.145. The van der Waals surface area contributed by atoms with Crippen molar-refractivity contribution in [2.24, 2.45) is 16.6 Å². The van der Waals surface area contributed by atoms with Gasteiger partial charge in [0.15, 0.2) is 0 Å². The molecule has 0 aliphatic carbocycles. The first-order valence-electron chi connectivity index (χ1n) is 12.4. The molecule has 4 unspecified atom stereocenters. The number of ether oxygens (including phenoxy) is 5. The van der Waals surface area contributed by atoms with E-state index in [2.05, 4.69) is 71.1 Å². The van der Waals surface area contributed by atoms with Crippen molar-refractivity contribution in [3.8, 4) is 0 Å². The van der Waals surface area contributed by atoms with Gasteiger partial charge in [0.2, 0.25) is 0 Å². The highest BCUT2D eigenvalue weighted by Gasteiger charge is 2.42. The van der Waals surface area contributed by atoms with Crippen molar-refractivity contribution in [3.05, 3.63) is 0 Å². The Morgan fingerprint density at radius 3 is 2.00 bits per heavy atom. The standard InChI is InChI=1S/C26H52INO6/c1-19(34-20(2)23(5,6)12-14-30-21(3)28)18-24(7,8)26(11,27)33-15-13-25(9,10)32-17-16-31-22(4)29/h19-21H,12-18,28H2,1-11H3. The maximum Gasteiger partial charge on any atom is 0.302 e. The molecule has 0 aromatic heterocycles. The van der Waals surface area contributed by atoms with Gasteiger partial charge in [0, 0.05) is 18.9 Å². The van der Waals surface area contributed by atoms with Crippen LogP contribution < -0.4 is 5.73 Å². The van der Waals surface area contributed by atoms with Gasteiger partial charge >= 0.3 is 5.97 Å². The molecule has 4 atom stereocenters. The van der Waals surface area contributed by atoms with E-state index in [9.17, 15) is 4.79 Å². The highest BCUT2D eigenvalue weighted by molar-refractivity contribution is 14.1. The van der Waals surface area contributed by atoms with Crippen molar-refractivity contribution in [1.82, 2.24) is 0 Å². The highest BCUT2D eigenvalue weighted by Crippen LogP contribution is 2.44. The minimum atomic E-state index is -0.375. The lowest BCUT2D eigenvalue weighted by Crippen LogP contribution is -2.43. The molecule has 0 aliphatic rings. The molecule has 34 heavy (non-hydrogen) atoms. The monoisotopic (exact) mass is 601 g/mol. The van der Waals surface area contributed by atoms with E-state index in [1.807, 2.05) is 20.8 Å². The van der Waals surface area contributed by atoms with Crippen LogP contribution in [0.1, 0.15) is 95.4 Å². The topological polar surface area (TPSA) is 89.2 Å². The summed E-state index contributed by atoms with van der Waals surface area (Å²) in [5, 5.41) is 0. The van der Waals surface area contributed by atoms with Gasteiger partial charge in [-0.1, -0.05) is 27.7 Å². The normalized spacial score (nSPS) is 17.7. The van der Waals surface area contributed by atoms with Gasteiger partial charge in [-0.25, -0.2) is 0 Å². The van der Waals surface area contributed by atoms with E-state index in [4.69, 9.17) is 29.4 Å². The lowest BCUT2D eigenvalue weighted by Gasteiger charge is -2.43. The maximum absolute atomic E-state index is 10.9. The minimum Gasteiger partial charge on any atom is -0.463 e. The summed E-state index contributed by atoms with van der Waals surface area (Å²) in [7, 11) is 0. The van der Waals surface area contributed by atoms with Crippen LogP contribution in [0.5, 0.6) is 0 Å². The SMILES string of the molecule is CC(=O)OCCOC(C)(C)CCOC(C)(I)C(C)(C)CC(C)OC(C)C(C)(C)CCOC(C)N. The summed E-state index contributed by atoms with van der Waals surface area (Å²) in [6.45, 7) is 24.4. The molecular formula is C26H52INO6. The largest absolute Gasteiger partial charge is 0.463 e. The molecule has 0 spiro atoms. The molecule has 0 heterocycles. The Morgan fingerprint density at radius 2 is 1.47 bits per heavy atom. The number of halogens is 1. The molecule has 0 aliphatic heterocycles. The summed E-state index contributed by atoms with van der Waals surface area (Å²) >= 11 is 2.42. The predicted octanol–water partition coefficient (Wildman–Crippen LogP) is 5.85. The van der Waals surface area contributed by atoms with Gasteiger partial charge < -0.3 is 29.4 Å². The van der Waals surface area contributed by atoms with Gasteiger partial charge in [0.1, 0.15) is 16.4 Å². The second kappa shape index (κ2) is 14.7. The molecule has 8 heteroatoms. The first kappa shape index (κ1) is 34.0. The number of esters is 1. The van der Waals surface area contributed by atoms with Crippen molar-refractivity contribution < 1.29 is 28.5 Å². The fourth-order valence-corrected chi connectivity index (χ4v) is 3.89. The average Bonchev–Trinajstić information content (AvgIpc) is 2.63. The summed E-state index contributed by atoms with van der Waals surface area (Å²) in [5.74, 6) is -0.293. The summed E-state index contributed by atoms with van der Waals surface area (Å²) in [6, 6.07) is 0. The van der Waals surface area contributed by atoms with Gasteiger partial charge in [-0.2, -0.15) is 0 Å². The first-order chi connectivity index (χ1) is 15.3. The Labute approximate surface area is 222 Å². The van der Waals surface area contributed by atoms with Crippen LogP contribution in [0.2, 0.25) is 0 Å². The van der Waals surface area contributed by atoms with Crippen LogP contribution in [0.4, 0.5) is 0 Å². The molecule has 0 saturated heterocycles. The molecule has 2 N–H and O–H groups in total. The fraction of sp³-hybridized carbons (Fsp3) is 0.962. The molecular weight excluding hydrogens is 549 g/mol. The van der Waals surface area contributed by atoms with Gasteiger partial charge in [0.25, 0.3) is 0 Å². The molecule has 0 rings (SSSR count). The van der Waals surface area contributed by atoms with E-state index in [-0.39, 0.29) is 51.1 Å². The summed E-state index contributed by atoms with van der Waals surface area (Å²) in [5.41, 5.74) is 5.20. The Kier molecular flexibility index (Phi) is 14.7. The van der Waals surface area contributed by atoms with Gasteiger partial charge in [-0.15, -0.1) is 0 Å². The Hall–Kier alpha value is -0.000000000000000125. The van der Waals surface area contributed by atoms with E-state index < -0.39 is 0 Å². The molecule has 0 radical (unpaired) electrons. The van der Waals surface area contributed by atoms with Crippen molar-refractivity contribution >= 4 is 28.6 Å². The first-order valence-corrected chi connectivity index (χ1v) is 13.5. The summed E-state index contributed by atoms with van der Waals surface area (Å²) in [6.07, 6.45) is 2.41. The summed E-state index contributed by atoms with van der Waals surface area (Å²) in [4.78, 5) is 10.9. The molecule has 0 fully saturated rings. The number of carbonyl (C=O) groups is 1. The molecule has 0 aromatic rings. The van der Waals surface area contributed by atoms with Crippen molar-refractivity contribution in [1.29, 1.82) is 0 Å². The van der Waals surface area contributed by atoms with Crippen molar-refractivity contribution in [2.45, 2.75) is 123 Å². The minimum absolute atomic E-state index is 0.0154. The predicted molar refractivity (Wildman–Crippen MR) is 146 cm³/mol. The van der Waals surface area contributed by atoms with Crippen molar-refractivity contribution in [3.63, 3.8) is 0 Å². The number of carbonyl (C=O) groups excluding carboxylic acids is 1. The van der Waals surface area contributed by atoms with Gasteiger partial charge in [-0.3, -0.25) is 4.79 Å². The second-order valence-corrected chi connectivity index (χ2v) is 13.5. The number of hydrogen-bond donors (Lipinski definition) is 1. The molecule has 7 nitrogen and oxygen atoms in total. The Bertz CT molecular complexity index is 592. The quantitative estimate of drug-likeness (QED) is 0.0693. The molecule has 0 amide bonds. The van der Waals surface area contributed by atoms with Crippen molar-refractivity contribution in [2.75, 3.05) is 26.4 Å². The van der Waals surface area contributed by atoms with Crippen LogP contribution in [0.3, 0.4) is 0 Å². The van der Waals surface area contributed by atoms with Crippen LogP contribution in [-0.4, -0.2) is 60.0 Å². The van der Waals surface area contributed by atoms with Crippen LogP contribution >= 0.6 is 22.6 Å². The van der Waals surface area contributed by atoms with E-state index in [1.54, 1.807) is 0 Å². The van der Waals surface area contributed by atoms with Gasteiger partial charge in [0.05, 0.1) is 31.0 Å². The van der Waals surface area contributed by atoms with Crippen LogP contribution in [0, 0.1) is 10.8 Å². The third-order valence-corrected chi connectivity index (χ3v) is 8.40. The summed E-state index contributed by atoms with van der Waals surface area (Å²) < 4.78 is 28.8. The van der Waals surface area contributed by atoms with Gasteiger partial charge in [-0.05, 0) is 88.8 Å². The average molecular weight is 602 g/mol. The number of hydrogen-bond acceptors (Lipinski definition) is 7. The van der Waals surface area contributed by atoms with E-state index in [0.29, 0.717) is 19.8 Å².